The normalized spacial score (nSPS) is 31.8. The molecule has 2 amide bonds. The van der Waals surface area contributed by atoms with E-state index in [4.69, 9.17) is 4.74 Å². The van der Waals surface area contributed by atoms with Gasteiger partial charge in [-0.25, -0.2) is 4.79 Å². The molecule has 3 aliphatic rings. The highest BCUT2D eigenvalue weighted by atomic mass is 32.2. The molecule has 4 atom stereocenters. The van der Waals surface area contributed by atoms with Crippen molar-refractivity contribution in [3.8, 4) is 0 Å². The van der Waals surface area contributed by atoms with Crippen LogP contribution in [0.2, 0.25) is 0 Å². The fourth-order valence-electron chi connectivity index (χ4n) is 4.52. The van der Waals surface area contributed by atoms with Crippen LogP contribution in [0.1, 0.15) is 12.5 Å². The number of amides is 2. The Bertz CT molecular complexity index is 843. The summed E-state index contributed by atoms with van der Waals surface area (Å²) in [6.45, 7) is 2.10. The van der Waals surface area contributed by atoms with Gasteiger partial charge in [0.2, 0.25) is 11.8 Å². The highest BCUT2D eigenvalue weighted by Gasteiger charge is 2.71. The summed E-state index contributed by atoms with van der Waals surface area (Å²) in [7, 11) is 2.79. The standard InChI is InChI=1S/C19H21N3O4S/c1-19(17(25)26-3)14-13(15(23)21(2)16(14)24)12-9-20-18(22(12)19)27-10-11-7-5-4-6-8-11/h4-8,12-14H,9-10H2,1-3H3/t12-,13+,14-,19-/m1/s1. The zero-order chi connectivity index (χ0) is 19.3. The number of hydrogen-bond donors (Lipinski definition) is 0. The summed E-state index contributed by atoms with van der Waals surface area (Å²) in [5.41, 5.74) is -0.0969. The largest absolute Gasteiger partial charge is 0.467 e. The number of nitrogens with zero attached hydrogens (tertiary/aromatic N) is 3. The molecule has 7 nitrogen and oxygen atoms in total. The molecule has 0 unspecified atom stereocenters. The van der Waals surface area contributed by atoms with Crippen LogP contribution in [0.5, 0.6) is 0 Å². The Balaban J connectivity index is 1.67. The van der Waals surface area contributed by atoms with E-state index in [2.05, 4.69) is 4.99 Å². The predicted molar refractivity (Wildman–Crippen MR) is 101 cm³/mol. The second-order valence-corrected chi connectivity index (χ2v) is 8.16. The molecule has 142 valence electrons. The molecule has 0 N–H and O–H groups in total. The number of fused-ring (bicyclic) bond motifs is 3. The summed E-state index contributed by atoms with van der Waals surface area (Å²) in [6.07, 6.45) is 0. The van der Waals surface area contributed by atoms with Crippen molar-refractivity contribution in [2.45, 2.75) is 24.3 Å². The Labute approximate surface area is 161 Å². The van der Waals surface area contributed by atoms with E-state index in [1.807, 2.05) is 35.2 Å². The summed E-state index contributed by atoms with van der Waals surface area (Å²) in [5.74, 6) is -1.68. The number of methoxy groups -OCH3 is 1. The van der Waals surface area contributed by atoms with E-state index in [1.165, 1.54) is 25.9 Å². The molecule has 8 heteroatoms. The molecule has 2 saturated heterocycles. The predicted octanol–water partition coefficient (Wildman–Crippen LogP) is 1.14. The number of aliphatic imine (C=N–C) groups is 1. The maximum atomic E-state index is 12.8. The Hall–Kier alpha value is -2.35. The minimum atomic E-state index is -1.24. The van der Waals surface area contributed by atoms with Gasteiger partial charge in [-0.15, -0.1) is 0 Å². The maximum absolute atomic E-state index is 12.8. The number of likely N-dealkylation sites (tertiary alicyclic amines) is 1. The zero-order valence-corrected chi connectivity index (χ0v) is 16.2. The van der Waals surface area contributed by atoms with Gasteiger partial charge in [0.1, 0.15) is 5.54 Å². The van der Waals surface area contributed by atoms with Gasteiger partial charge in [0, 0.05) is 12.8 Å². The average Bonchev–Trinajstić information content (AvgIpc) is 3.29. The highest BCUT2D eigenvalue weighted by Crippen LogP contribution is 2.52. The van der Waals surface area contributed by atoms with Crippen LogP contribution >= 0.6 is 11.8 Å². The first-order valence-corrected chi connectivity index (χ1v) is 9.80. The first kappa shape index (κ1) is 18.0. The van der Waals surface area contributed by atoms with Crippen LogP contribution in [0.15, 0.2) is 35.3 Å². The first-order valence-electron chi connectivity index (χ1n) is 8.81. The number of esters is 1. The topological polar surface area (TPSA) is 79.3 Å². The number of rotatable bonds is 3. The zero-order valence-electron chi connectivity index (χ0n) is 15.4. The SMILES string of the molecule is COC(=O)[C@@]1(C)[C@H]2C(=O)N(C)C(=O)[C@H]2[C@H]2CN=C(SCc3ccccc3)N21. The van der Waals surface area contributed by atoms with Crippen molar-refractivity contribution >= 4 is 34.7 Å². The van der Waals surface area contributed by atoms with Crippen LogP contribution in [-0.4, -0.2) is 65.0 Å². The molecule has 3 aliphatic heterocycles. The number of benzene rings is 1. The van der Waals surface area contributed by atoms with Crippen LogP contribution in [0, 0.1) is 11.8 Å². The molecule has 4 rings (SSSR count). The van der Waals surface area contributed by atoms with E-state index in [9.17, 15) is 14.4 Å². The van der Waals surface area contributed by atoms with Gasteiger partial charge in [-0.1, -0.05) is 42.1 Å². The van der Waals surface area contributed by atoms with Gasteiger partial charge in [-0.05, 0) is 12.5 Å². The van der Waals surface area contributed by atoms with Gasteiger partial charge in [0.15, 0.2) is 5.17 Å². The summed E-state index contributed by atoms with van der Waals surface area (Å²) in [5, 5.41) is 0.689. The molecule has 27 heavy (non-hydrogen) atoms. The number of ether oxygens (including phenoxy) is 1. The molecule has 0 bridgehead atoms. The van der Waals surface area contributed by atoms with Crippen molar-refractivity contribution < 1.29 is 19.1 Å². The number of hydrogen-bond acceptors (Lipinski definition) is 7. The second-order valence-electron chi connectivity index (χ2n) is 7.21. The van der Waals surface area contributed by atoms with Crippen LogP contribution in [0.4, 0.5) is 0 Å². The summed E-state index contributed by atoms with van der Waals surface area (Å²) >= 11 is 1.52. The summed E-state index contributed by atoms with van der Waals surface area (Å²) < 4.78 is 5.06. The Morgan fingerprint density at radius 3 is 2.67 bits per heavy atom. The van der Waals surface area contributed by atoms with Crippen molar-refractivity contribution in [1.29, 1.82) is 0 Å². The molecule has 1 aromatic rings. The average molecular weight is 387 g/mol. The monoisotopic (exact) mass is 387 g/mol. The molecule has 2 fully saturated rings. The lowest BCUT2D eigenvalue weighted by molar-refractivity contribution is -0.156. The molecule has 0 spiro atoms. The molecular weight excluding hydrogens is 366 g/mol. The van der Waals surface area contributed by atoms with E-state index in [-0.39, 0.29) is 17.9 Å². The van der Waals surface area contributed by atoms with Crippen LogP contribution in [0.3, 0.4) is 0 Å². The lowest BCUT2D eigenvalue weighted by Gasteiger charge is -2.37. The number of imide groups is 1. The van der Waals surface area contributed by atoms with E-state index >= 15 is 0 Å². The van der Waals surface area contributed by atoms with Gasteiger partial charge < -0.3 is 9.64 Å². The number of carbonyl (C=O) groups is 3. The number of amidine groups is 1. The minimum Gasteiger partial charge on any atom is -0.467 e. The van der Waals surface area contributed by atoms with E-state index in [0.717, 1.165) is 10.5 Å². The fraction of sp³-hybridized carbons (Fsp3) is 0.474. The van der Waals surface area contributed by atoms with Crippen LogP contribution < -0.4 is 0 Å². The van der Waals surface area contributed by atoms with Crippen LogP contribution in [0.25, 0.3) is 0 Å². The molecule has 0 radical (unpaired) electrons. The van der Waals surface area contributed by atoms with Gasteiger partial charge in [-0.3, -0.25) is 19.5 Å². The van der Waals surface area contributed by atoms with E-state index in [0.29, 0.717) is 17.5 Å². The van der Waals surface area contributed by atoms with Gasteiger partial charge >= 0.3 is 5.97 Å². The highest BCUT2D eigenvalue weighted by molar-refractivity contribution is 8.13. The van der Waals surface area contributed by atoms with Gasteiger partial charge in [0.05, 0.1) is 31.5 Å². The third-order valence-corrected chi connectivity index (χ3v) is 6.91. The minimum absolute atomic E-state index is 0.239. The third-order valence-electron chi connectivity index (χ3n) is 5.85. The first-order chi connectivity index (χ1) is 12.9. The number of carbonyl (C=O) groups excluding carboxylic acids is 3. The molecular formula is C19H21N3O4S. The van der Waals surface area contributed by atoms with Crippen molar-refractivity contribution in [3.05, 3.63) is 35.9 Å². The summed E-state index contributed by atoms with van der Waals surface area (Å²) in [4.78, 5) is 45.9. The van der Waals surface area contributed by atoms with E-state index < -0.39 is 23.3 Å². The molecule has 1 aromatic carbocycles. The van der Waals surface area contributed by atoms with Crippen molar-refractivity contribution in [2.75, 3.05) is 20.7 Å². The van der Waals surface area contributed by atoms with Crippen LogP contribution in [-0.2, 0) is 24.9 Å². The van der Waals surface area contributed by atoms with Gasteiger partial charge in [0.25, 0.3) is 0 Å². The van der Waals surface area contributed by atoms with E-state index in [1.54, 1.807) is 6.92 Å². The smallest absolute Gasteiger partial charge is 0.332 e. The maximum Gasteiger partial charge on any atom is 0.332 e. The van der Waals surface area contributed by atoms with Gasteiger partial charge in [-0.2, -0.15) is 0 Å². The third kappa shape index (κ3) is 2.42. The Morgan fingerprint density at radius 2 is 2.00 bits per heavy atom. The lowest BCUT2D eigenvalue weighted by Crippen LogP contribution is -2.57. The lowest BCUT2D eigenvalue weighted by atomic mass is 9.81. The quantitative estimate of drug-likeness (QED) is 0.572. The van der Waals surface area contributed by atoms with Crippen molar-refractivity contribution in [2.24, 2.45) is 16.8 Å². The molecule has 0 saturated carbocycles. The number of thioether (sulfide) groups is 1. The molecule has 0 aliphatic carbocycles. The second kappa shape index (κ2) is 6.37. The molecule has 0 aromatic heterocycles. The van der Waals surface area contributed by atoms with Crippen molar-refractivity contribution in [1.82, 2.24) is 9.80 Å². The Morgan fingerprint density at radius 1 is 1.30 bits per heavy atom. The van der Waals surface area contributed by atoms with Crippen molar-refractivity contribution in [3.63, 3.8) is 0 Å². The fourth-order valence-corrected chi connectivity index (χ4v) is 5.64. The summed E-state index contributed by atoms with van der Waals surface area (Å²) in [6, 6.07) is 9.67. The molecule has 3 heterocycles. The Kier molecular flexibility index (Phi) is 4.25.